The molecule has 2 rings (SSSR count). The Labute approximate surface area is 108 Å². The Morgan fingerprint density at radius 2 is 2.35 bits per heavy atom. The first-order valence-corrected chi connectivity index (χ1v) is 6.54. The van der Waals surface area contributed by atoms with Crippen LogP contribution >= 0.6 is 11.6 Å². The van der Waals surface area contributed by atoms with Crippen LogP contribution in [0.25, 0.3) is 0 Å². The molecule has 0 radical (unpaired) electrons. The van der Waals surface area contributed by atoms with Crippen LogP contribution in [0.5, 0.6) is 5.75 Å². The first kappa shape index (κ1) is 12.7. The number of benzene rings is 1. The van der Waals surface area contributed by atoms with Gasteiger partial charge in [0.1, 0.15) is 5.75 Å². The zero-order chi connectivity index (χ0) is 12.3. The van der Waals surface area contributed by atoms with E-state index in [4.69, 9.17) is 21.1 Å². The molecule has 1 fully saturated rings. The average Bonchev–Trinajstić information content (AvgIpc) is 2.81. The number of alkyl halides is 1. The summed E-state index contributed by atoms with van der Waals surface area (Å²) in [5.74, 6) is 0.882. The van der Waals surface area contributed by atoms with Gasteiger partial charge >= 0.3 is 0 Å². The molecule has 17 heavy (non-hydrogen) atoms. The van der Waals surface area contributed by atoms with Crippen molar-refractivity contribution in [3.8, 4) is 5.75 Å². The van der Waals surface area contributed by atoms with E-state index < -0.39 is 0 Å². The van der Waals surface area contributed by atoms with E-state index in [1.165, 1.54) is 11.1 Å². The van der Waals surface area contributed by atoms with Gasteiger partial charge in [-0.2, -0.15) is 0 Å². The molecule has 0 aliphatic carbocycles. The van der Waals surface area contributed by atoms with Crippen LogP contribution in [0, 0.1) is 6.92 Å². The molecule has 94 valence electrons. The fourth-order valence-corrected chi connectivity index (χ4v) is 2.76. The van der Waals surface area contributed by atoms with E-state index in [2.05, 4.69) is 13.0 Å². The Morgan fingerprint density at radius 1 is 1.53 bits per heavy atom. The maximum Gasteiger partial charge on any atom is 0.119 e. The van der Waals surface area contributed by atoms with Gasteiger partial charge in [-0.3, -0.25) is 0 Å². The Kier molecular flexibility index (Phi) is 4.30. The highest BCUT2D eigenvalue weighted by Gasteiger charge is 2.21. The molecule has 0 amide bonds. The topological polar surface area (TPSA) is 18.5 Å². The molecule has 2 nitrogen and oxygen atoms in total. The summed E-state index contributed by atoms with van der Waals surface area (Å²) in [4.78, 5) is 0. The summed E-state index contributed by atoms with van der Waals surface area (Å²) in [6.45, 7) is 2.96. The summed E-state index contributed by atoms with van der Waals surface area (Å²) < 4.78 is 10.8. The summed E-state index contributed by atoms with van der Waals surface area (Å²) in [6, 6.07) is 6.05. The second-order valence-electron chi connectivity index (χ2n) is 4.56. The van der Waals surface area contributed by atoms with Gasteiger partial charge in [0.2, 0.25) is 0 Å². The number of hydrogen-bond donors (Lipinski definition) is 0. The molecule has 1 aromatic carbocycles. The molecule has 0 spiro atoms. The highest BCUT2D eigenvalue weighted by atomic mass is 35.5. The molecule has 0 saturated carbocycles. The van der Waals surface area contributed by atoms with Gasteiger partial charge in [0.25, 0.3) is 0 Å². The molecule has 3 heteroatoms. The molecule has 1 aliphatic rings. The van der Waals surface area contributed by atoms with E-state index in [0.29, 0.717) is 6.10 Å². The Bertz CT molecular complexity index is 372. The normalized spacial score (nSPS) is 21.5. The molecule has 0 aromatic heterocycles. The first-order chi connectivity index (χ1) is 8.20. The van der Waals surface area contributed by atoms with Crippen LogP contribution in [0.1, 0.15) is 35.8 Å². The van der Waals surface area contributed by atoms with Crippen LogP contribution in [-0.4, -0.2) is 19.8 Å². The largest absolute Gasteiger partial charge is 0.497 e. The molecule has 2 unspecified atom stereocenters. The molecule has 0 N–H and O–H groups in total. The van der Waals surface area contributed by atoms with Crippen molar-refractivity contribution in [2.75, 3.05) is 13.7 Å². The Hall–Kier alpha value is -0.730. The quantitative estimate of drug-likeness (QED) is 0.760. The second kappa shape index (κ2) is 5.74. The minimum atomic E-state index is 0.0315. The SMILES string of the molecule is COc1ccc(C(Cl)CC2CCCO2)c(C)c1. The van der Waals surface area contributed by atoms with Crippen LogP contribution < -0.4 is 4.74 Å². The minimum Gasteiger partial charge on any atom is -0.497 e. The molecular weight excluding hydrogens is 236 g/mol. The van der Waals surface area contributed by atoms with Crippen molar-refractivity contribution in [1.29, 1.82) is 0 Å². The lowest BCUT2D eigenvalue weighted by Gasteiger charge is -2.17. The number of methoxy groups -OCH3 is 1. The highest BCUT2D eigenvalue weighted by molar-refractivity contribution is 6.20. The van der Waals surface area contributed by atoms with Crippen molar-refractivity contribution in [1.82, 2.24) is 0 Å². The Morgan fingerprint density at radius 3 is 2.94 bits per heavy atom. The van der Waals surface area contributed by atoms with Crippen LogP contribution in [0.15, 0.2) is 18.2 Å². The van der Waals surface area contributed by atoms with Crippen molar-refractivity contribution in [3.05, 3.63) is 29.3 Å². The first-order valence-electron chi connectivity index (χ1n) is 6.11. The third-order valence-electron chi connectivity index (χ3n) is 3.31. The lowest BCUT2D eigenvalue weighted by molar-refractivity contribution is 0.103. The molecule has 2 atom stereocenters. The third-order valence-corrected chi connectivity index (χ3v) is 3.72. The fourth-order valence-electron chi connectivity index (χ4n) is 2.31. The zero-order valence-electron chi connectivity index (χ0n) is 10.4. The molecule has 1 aliphatic heterocycles. The molecule has 0 bridgehead atoms. The number of hydrogen-bond acceptors (Lipinski definition) is 2. The van der Waals surface area contributed by atoms with Gasteiger partial charge in [0, 0.05) is 6.61 Å². The summed E-state index contributed by atoms with van der Waals surface area (Å²) in [6.07, 6.45) is 3.53. The van der Waals surface area contributed by atoms with Crippen molar-refractivity contribution in [3.63, 3.8) is 0 Å². The van der Waals surface area contributed by atoms with Gasteiger partial charge in [-0.05, 0) is 49.4 Å². The van der Waals surface area contributed by atoms with Crippen molar-refractivity contribution >= 4 is 11.6 Å². The number of aryl methyl sites for hydroxylation is 1. The van der Waals surface area contributed by atoms with Crippen molar-refractivity contribution < 1.29 is 9.47 Å². The molecule has 1 saturated heterocycles. The lowest BCUT2D eigenvalue weighted by Crippen LogP contribution is -2.09. The van der Waals surface area contributed by atoms with Gasteiger partial charge in [-0.25, -0.2) is 0 Å². The van der Waals surface area contributed by atoms with Crippen molar-refractivity contribution in [2.45, 2.75) is 37.7 Å². The van der Waals surface area contributed by atoms with Gasteiger partial charge in [-0.1, -0.05) is 6.07 Å². The third kappa shape index (κ3) is 3.14. The summed E-state index contributed by atoms with van der Waals surface area (Å²) >= 11 is 6.47. The van der Waals surface area contributed by atoms with Gasteiger partial charge in [0.15, 0.2) is 0 Å². The Balaban J connectivity index is 2.04. The monoisotopic (exact) mass is 254 g/mol. The van der Waals surface area contributed by atoms with Crippen LogP contribution in [-0.2, 0) is 4.74 Å². The summed E-state index contributed by atoms with van der Waals surface area (Å²) in [5.41, 5.74) is 2.37. The second-order valence-corrected chi connectivity index (χ2v) is 5.09. The predicted octanol–water partition coefficient (Wildman–Crippen LogP) is 3.85. The van der Waals surface area contributed by atoms with E-state index in [9.17, 15) is 0 Å². The highest BCUT2D eigenvalue weighted by Crippen LogP contribution is 2.33. The maximum atomic E-state index is 6.47. The van der Waals surface area contributed by atoms with Crippen LogP contribution in [0.4, 0.5) is 0 Å². The van der Waals surface area contributed by atoms with E-state index >= 15 is 0 Å². The zero-order valence-corrected chi connectivity index (χ0v) is 11.2. The molecule has 1 aromatic rings. The number of halogens is 1. The van der Waals surface area contributed by atoms with Crippen molar-refractivity contribution in [2.24, 2.45) is 0 Å². The lowest BCUT2D eigenvalue weighted by atomic mass is 10.00. The van der Waals surface area contributed by atoms with Crippen LogP contribution in [0.3, 0.4) is 0 Å². The number of rotatable bonds is 4. The van der Waals surface area contributed by atoms with Crippen LogP contribution in [0.2, 0.25) is 0 Å². The number of ether oxygens (including phenoxy) is 2. The average molecular weight is 255 g/mol. The molecular formula is C14H19ClO2. The smallest absolute Gasteiger partial charge is 0.119 e. The standard InChI is InChI=1S/C14H19ClO2/c1-10-8-11(16-2)5-6-13(10)14(15)9-12-4-3-7-17-12/h5-6,8,12,14H,3-4,7,9H2,1-2H3. The molecule has 1 heterocycles. The van der Waals surface area contributed by atoms with E-state index in [0.717, 1.165) is 31.6 Å². The van der Waals surface area contributed by atoms with E-state index in [-0.39, 0.29) is 5.38 Å². The maximum absolute atomic E-state index is 6.47. The fraction of sp³-hybridized carbons (Fsp3) is 0.571. The summed E-state index contributed by atoms with van der Waals surface area (Å²) in [7, 11) is 1.68. The van der Waals surface area contributed by atoms with Gasteiger partial charge in [-0.15, -0.1) is 11.6 Å². The predicted molar refractivity (Wildman–Crippen MR) is 69.9 cm³/mol. The van der Waals surface area contributed by atoms with E-state index in [1.54, 1.807) is 7.11 Å². The van der Waals surface area contributed by atoms with E-state index in [1.807, 2.05) is 12.1 Å². The summed E-state index contributed by atoms with van der Waals surface area (Å²) in [5, 5.41) is 0.0315. The minimum absolute atomic E-state index is 0.0315. The van der Waals surface area contributed by atoms with Gasteiger partial charge < -0.3 is 9.47 Å². The van der Waals surface area contributed by atoms with Gasteiger partial charge in [0.05, 0.1) is 18.6 Å².